The first-order chi connectivity index (χ1) is 14.0. The van der Waals surface area contributed by atoms with E-state index in [2.05, 4.69) is 28.9 Å². The topological polar surface area (TPSA) is 56.6 Å². The van der Waals surface area contributed by atoms with Crippen LogP contribution in [0.3, 0.4) is 0 Å². The van der Waals surface area contributed by atoms with Crippen molar-refractivity contribution in [1.82, 2.24) is 14.5 Å². The molecule has 1 atom stereocenters. The van der Waals surface area contributed by atoms with Gasteiger partial charge in [0.1, 0.15) is 18.7 Å². The summed E-state index contributed by atoms with van der Waals surface area (Å²) < 4.78 is -0.0868. The number of fused-ring (bicyclic) bond motifs is 3. The van der Waals surface area contributed by atoms with Gasteiger partial charge in [0.2, 0.25) is 0 Å². The monoisotopic (exact) mass is 390 g/mol. The first kappa shape index (κ1) is 18.8. The van der Waals surface area contributed by atoms with Gasteiger partial charge in [-0.2, -0.15) is 4.98 Å². The molecule has 0 unspecified atom stereocenters. The average Bonchev–Trinajstić information content (AvgIpc) is 2.72. The highest BCUT2D eigenvalue weighted by Gasteiger charge is 2.44. The van der Waals surface area contributed by atoms with Crippen molar-refractivity contribution in [2.24, 2.45) is 5.92 Å². The third kappa shape index (κ3) is 3.58. The zero-order chi connectivity index (χ0) is 19.9. The number of hydroxylamine groups is 2. The molecule has 5 heterocycles. The summed E-state index contributed by atoms with van der Waals surface area (Å²) in [7, 11) is 0. The number of aromatic nitrogens is 1. The molecule has 150 valence electrons. The van der Waals surface area contributed by atoms with Crippen molar-refractivity contribution in [3.05, 3.63) is 59.3 Å². The van der Waals surface area contributed by atoms with E-state index in [9.17, 15) is 10.3 Å². The standard InChI is InChI=1S/C24H28N3O2/c28-24(18-26-13-10-21(24)11-14-26)12-9-20-7-8-23(27(29)15-4-16-27)25-22(20)17-19-5-2-1-3-6-19/h1-3,5-8,21,28-29H,4,10-11,13-18H2/q+1/t24-/m1/s1. The Kier molecular flexibility index (Phi) is 4.68. The predicted octanol–water partition coefficient (Wildman–Crippen LogP) is 2.58. The van der Waals surface area contributed by atoms with Gasteiger partial charge in [-0.3, -0.25) is 4.90 Å². The van der Waals surface area contributed by atoms with Gasteiger partial charge in [-0.05, 0) is 37.6 Å². The fraction of sp³-hybridized carbons (Fsp3) is 0.458. The molecule has 0 spiro atoms. The van der Waals surface area contributed by atoms with Crippen molar-refractivity contribution in [3.63, 3.8) is 0 Å². The molecule has 0 amide bonds. The van der Waals surface area contributed by atoms with E-state index < -0.39 is 5.60 Å². The molecule has 0 saturated carbocycles. The SMILES string of the molecule is O[C@]1(C#Cc2ccc([N+]3(O)CCC3)nc2Cc2ccccc2)CN2CCC1CC2. The Labute approximate surface area is 172 Å². The molecular weight excluding hydrogens is 362 g/mol. The maximum atomic E-state index is 11.2. The predicted molar refractivity (Wildman–Crippen MR) is 112 cm³/mol. The van der Waals surface area contributed by atoms with Gasteiger partial charge in [0.25, 0.3) is 5.82 Å². The van der Waals surface area contributed by atoms with Crippen LogP contribution in [0, 0.1) is 17.8 Å². The van der Waals surface area contributed by atoms with Gasteiger partial charge in [-0.1, -0.05) is 42.2 Å². The van der Waals surface area contributed by atoms with Crippen LogP contribution in [-0.2, 0) is 6.42 Å². The highest BCUT2D eigenvalue weighted by molar-refractivity contribution is 5.47. The second-order valence-electron chi connectivity index (χ2n) is 8.77. The van der Waals surface area contributed by atoms with E-state index in [-0.39, 0.29) is 10.6 Å². The first-order valence-electron chi connectivity index (χ1n) is 10.7. The summed E-state index contributed by atoms with van der Waals surface area (Å²) >= 11 is 0. The van der Waals surface area contributed by atoms with E-state index in [1.165, 1.54) is 0 Å². The van der Waals surface area contributed by atoms with E-state index in [0.29, 0.717) is 31.9 Å². The Morgan fingerprint density at radius 3 is 2.48 bits per heavy atom. The third-order valence-corrected chi connectivity index (χ3v) is 6.80. The summed E-state index contributed by atoms with van der Waals surface area (Å²) in [5, 5.41) is 21.9. The Morgan fingerprint density at radius 1 is 1.10 bits per heavy atom. The number of hydrogen-bond donors (Lipinski definition) is 2. The fourth-order valence-electron chi connectivity index (χ4n) is 4.80. The van der Waals surface area contributed by atoms with E-state index in [1.807, 2.05) is 30.3 Å². The lowest BCUT2D eigenvalue weighted by Crippen LogP contribution is -2.58. The van der Waals surface area contributed by atoms with Crippen molar-refractivity contribution in [2.75, 3.05) is 32.7 Å². The summed E-state index contributed by atoms with van der Waals surface area (Å²) in [6, 6.07) is 14.1. The Hall–Kier alpha value is -2.23. The van der Waals surface area contributed by atoms with E-state index in [4.69, 9.17) is 4.98 Å². The number of pyridine rings is 1. The second-order valence-corrected chi connectivity index (χ2v) is 8.77. The summed E-state index contributed by atoms with van der Waals surface area (Å²) in [5.74, 6) is 7.43. The zero-order valence-electron chi connectivity index (χ0n) is 16.7. The third-order valence-electron chi connectivity index (χ3n) is 6.80. The Morgan fingerprint density at radius 2 is 1.86 bits per heavy atom. The van der Waals surface area contributed by atoms with Crippen LogP contribution in [0.2, 0.25) is 0 Å². The molecule has 2 bridgehead atoms. The van der Waals surface area contributed by atoms with Crippen molar-refractivity contribution in [3.8, 4) is 11.8 Å². The molecule has 1 aromatic carbocycles. The largest absolute Gasteiger partial charge is 0.376 e. The van der Waals surface area contributed by atoms with Crippen LogP contribution in [0.4, 0.5) is 5.82 Å². The molecule has 2 aromatic rings. The van der Waals surface area contributed by atoms with Crippen LogP contribution >= 0.6 is 0 Å². The highest BCUT2D eigenvalue weighted by Crippen LogP contribution is 2.35. The molecule has 29 heavy (non-hydrogen) atoms. The zero-order valence-corrected chi connectivity index (χ0v) is 16.7. The van der Waals surface area contributed by atoms with Crippen LogP contribution in [0.15, 0.2) is 42.5 Å². The number of hydrogen-bond acceptors (Lipinski definition) is 4. The minimum Gasteiger partial charge on any atom is -0.376 e. The summed E-state index contributed by atoms with van der Waals surface area (Å²) in [5.41, 5.74) is 1.94. The number of aliphatic hydroxyl groups is 1. The van der Waals surface area contributed by atoms with Gasteiger partial charge in [-0.25, -0.2) is 5.21 Å². The molecule has 0 radical (unpaired) electrons. The number of rotatable bonds is 3. The van der Waals surface area contributed by atoms with Gasteiger partial charge in [-0.15, -0.1) is 4.65 Å². The summed E-state index contributed by atoms with van der Waals surface area (Å²) in [6.45, 7) is 4.20. The molecule has 5 nitrogen and oxygen atoms in total. The molecule has 6 rings (SSSR count). The van der Waals surface area contributed by atoms with E-state index in [0.717, 1.165) is 49.2 Å². The second kappa shape index (κ2) is 7.23. The molecule has 5 heteroatoms. The number of nitrogens with zero attached hydrogens (tertiary/aromatic N) is 3. The van der Waals surface area contributed by atoms with Crippen LogP contribution in [0.1, 0.15) is 36.1 Å². The highest BCUT2D eigenvalue weighted by atomic mass is 16.6. The molecule has 4 saturated heterocycles. The molecule has 2 N–H and O–H groups in total. The van der Waals surface area contributed by atoms with Crippen LogP contribution < -0.4 is 4.65 Å². The maximum absolute atomic E-state index is 11.2. The minimum absolute atomic E-state index is 0.0868. The Bertz CT molecular complexity index is 953. The van der Waals surface area contributed by atoms with Crippen molar-refractivity contribution in [2.45, 2.75) is 31.3 Å². The maximum Gasteiger partial charge on any atom is 0.260 e. The van der Waals surface area contributed by atoms with Gasteiger partial charge in [0.05, 0.1) is 12.1 Å². The Balaban J connectivity index is 1.49. The number of quaternary nitrogens is 1. The molecular formula is C24H28N3O2+. The van der Waals surface area contributed by atoms with Gasteiger partial charge >= 0.3 is 0 Å². The van der Waals surface area contributed by atoms with Gasteiger partial charge in [0.15, 0.2) is 0 Å². The molecule has 1 aromatic heterocycles. The van der Waals surface area contributed by atoms with Gasteiger partial charge in [0, 0.05) is 30.5 Å². The summed E-state index contributed by atoms with van der Waals surface area (Å²) in [6.07, 6.45) is 3.71. The quantitative estimate of drug-likeness (QED) is 0.625. The lowest BCUT2D eigenvalue weighted by molar-refractivity contribution is -0.128. The lowest BCUT2D eigenvalue weighted by Gasteiger charge is -2.47. The van der Waals surface area contributed by atoms with E-state index >= 15 is 0 Å². The molecule has 0 aliphatic carbocycles. The van der Waals surface area contributed by atoms with Crippen LogP contribution in [-0.4, -0.2) is 58.5 Å². The molecule has 4 aliphatic heterocycles. The number of piperidine rings is 3. The van der Waals surface area contributed by atoms with E-state index in [1.54, 1.807) is 0 Å². The normalized spacial score (nSPS) is 29.6. The van der Waals surface area contributed by atoms with Crippen LogP contribution in [0.5, 0.6) is 0 Å². The van der Waals surface area contributed by atoms with Crippen molar-refractivity contribution < 1.29 is 10.3 Å². The fourth-order valence-corrected chi connectivity index (χ4v) is 4.80. The number of benzene rings is 1. The lowest BCUT2D eigenvalue weighted by atomic mass is 9.75. The van der Waals surface area contributed by atoms with Crippen molar-refractivity contribution in [1.29, 1.82) is 0 Å². The van der Waals surface area contributed by atoms with Crippen LogP contribution in [0.25, 0.3) is 0 Å². The van der Waals surface area contributed by atoms with Crippen molar-refractivity contribution >= 4 is 5.82 Å². The van der Waals surface area contributed by atoms with Gasteiger partial charge < -0.3 is 5.11 Å². The molecule has 4 aliphatic rings. The molecule has 4 fully saturated rings. The first-order valence-corrected chi connectivity index (χ1v) is 10.7. The summed E-state index contributed by atoms with van der Waals surface area (Å²) in [4.78, 5) is 7.13. The average molecular weight is 391 g/mol. The minimum atomic E-state index is -0.929. The smallest absolute Gasteiger partial charge is 0.260 e.